The summed E-state index contributed by atoms with van der Waals surface area (Å²) in [4.78, 5) is 14.9. The van der Waals surface area contributed by atoms with Crippen molar-refractivity contribution in [3.8, 4) is 5.75 Å². The van der Waals surface area contributed by atoms with Crippen LogP contribution >= 0.6 is 0 Å². The van der Waals surface area contributed by atoms with Gasteiger partial charge in [0.15, 0.2) is 11.4 Å². The van der Waals surface area contributed by atoms with E-state index in [2.05, 4.69) is 22.3 Å². The molecule has 1 fully saturated rings. The topological polar surface area (TPSA) is 68.5 Å². The number of carbonyl (C=O) groups is 1. The second kappa shape index (κ2) is 5.48. The van der Waals surface area contributed by atoms with Crippen molar-refractivity contribution in [2.75, 3.05) is 5.32 Å². The smallest absolute Gasteiger partial charge is 0.298 e. The van der Waals surface area contributed by atoms with Gasteiger partial charge in [-0.1, -0.05) is 19.8 Å². The van der Waals surface area contributed by atoms with Crippen LogP contribution in [0.3, 0.4) is 0 Å². The summed E-state index contributed by atoms with van der Waals surface area (Å²) >= 11 is 0. The van der Waals surface area contributed by atoms with E-state index in [1.165, 1.54) is 19.3 Å². The molecule has 106 valence electrons. The minimum absolute atomic E-state index is 0.376. The first-order chi connectivity index (χ1) is 9.79. The number of nitrogens with one attached hydrogen (secondary N) is 1. The Bertz CT molecular complexity index is 610. The number of anilines is 1. The number of fused-ring (bicyclic) bond motifs is 1. The molecule has 1 aliphatic carbocycles. The quantitative estimate of drug-likeness (QED) is 0.866. The lowest BCUT2D eigenvalue weighted by molar-refractivity contribution is -0.120. The molecule has 0 saturated heterocycles. The maximum atomic E-state index is 10.7. The molecule has 0 spiro atoms. The van der Waals surface area contributed by atoms with Crippen LogP contribution in [-0.2, 0) is 4.79 Å². The van der Waals surface area contributed by atoms with Crippen LogP contribution in [0.4, 0.5) is 5.69 Å². The summed E-state index contributed by atoms with van der Waals surface area (Å²) in [5, 5.41) is 7.67. The van der Waals surface area contributed by atoms with E-state index in [1.807, 2.05) is 0 Å². The van der Waals surface area contributed by atoms with E-state index in [0.29, 0.717) is 29.8 Å². The number of imidazole rings is 1. The molecule has 2 heterocycles. The zero-order valence-electron chi connectivity index (χ0n) is 11.5. The summed E-state index contributed by atoms with van der Waals surface area (Å²) in [7, 11) is 0. The van der Waals surface area contributed by atoms with Gasteiger partial charge in [-0.05, 0) is 18.8 Å². The van der Waals surface area contributed by atoms with Crippen molar-refractivity contribution in [3.63, 3.8) is 0 Å². The second-order valence-electron chi connectivity index (χ2n) is 5.31. The lowest BCUT2D eigenvalue weighted by Gasteiger charge is -2.30. The molecule has 1 saturated carbocycles. The van der Waals surface area contributed by atoms with E-state index in [4.69, 9.17) is 4.74 Å². The minimum atomic E-state index is 0.376. The minimum Gasteiger partial charge on any atom is -0.425 e. The number of rotatable bonds is 4. The number of hydrogen-bond donors (Lipinski definition) is 1. The highest BCUT2D eigenvalue weighted by Gasteiger charge is 2.23. The van der Waals surface area contributed by atoms with Gasteiger partial charge in [0.2, 0.25) is 0 Å². The van der Waals surface area contributed by atoms with Crippen LogP contribution in [0.2, 0.25) is 0 Å². The molecule has 20 heavy (non-hydrogen) atoms. The Morgan fingerprint density at radius 1 is 1.45 bits per heavy atom. The molecule has 6 nitrogen and oxygen atoms in total. The van der Waals surface area contributed by atoms with Gasteiger partial charge in [-0.2, -0.15) is 5.10 Å². The Labute approximate surface area is 117 Å². The standard InChI is InChI=1S/C14H18N4O2/c1-10-4-2-3-5-11(10)17-13-12(20-9-19)8-16-18-7-6-15-14(13)18/h6-11,17H,2-5H2,1H3. The van der Waals surface area contributed by atoms with Gasteiger partial charge in [-0.3, -0.25) is 4.79 Å². The number of hydrogen-bond acceptors (Lipinski definition) is 5. The third-order valence-electron chi connectivity index (χ3n) is 4.01. The molecule has 2 aromatic rings. The lowest BCUT2D eigenvalue weighted by atomic mass is 9.86. The highest BCUT2D eigenvalue weighted by molar-refractivity contribution is 5.75. The zero-order valence-corrected chi connectivity index (χ0v) is 11.5. The zero-order chi connectivity index (χ0) is 13.9. The van der Waals surface area contributed by atoms with Crippen molar-refractivity contribution < 1.29 is 9.53 Å². The third-order valence-corrected chi connectivity index (χ3v) is 4.01. The van der Waals surface area contributed by atoms with Crippen LogP contribution in [0, 0.1) is 5.92 Å². The molecular formula is C14H18N4O2. The number of nitrogens with zero attached hydrogens (tertiary/aromatic N) is 3. The molecule has 1 aliphatic rings. The summed E-state index contributed by atoms with van der Waals surface area (Å²) in [6.45, 7) is 2.67. The van der Waals surface area contributed by atoms with Crippen molar-refractivity contribution >= 4 is 17.8 Å². The first kappa shape index (κ1) is 12.9. The predicted molar refractivity (Wildman–Crippen MR) is 74.7 cm³/mol. The highest BCUT2D eigenvalue weighted by Crippen LogP contribution is 2.32. The first-order valence-electron chi connectivity index (χ1n) is 6.99. The Morgan fingerprint density at radius 3 is 3.10 bits per heavy atom. The van der Waals surface area contributed by atoms with E-state index in [-0.39, 0.29) is 0 Å². The van der Waals surface area contributed by atoms with Crippen molar-refractivity contribution in [2.45, 2.75) is 38.6 Å². The molecule has 1 N–H and O–H groups in total. The fourth-order valence-electron chi connectivity index (χ4n) is 2.85. The van der Waals surface area contributed by atoms with Crippen LogP contribution in [0.15, 0.2) is 18.6 Å². The van der Waals surface area contributed by atoms with Crippen molar-refractivity contribution in [3.05, 3.63) is 18.6 Å². The van der Waals surface area contributed by atoms with Crippen LogP contribution in [-0.4, -0.2) is 27.1 Å². The summed E-state index contributed by atoms with van der Waals surface area (Å²) in [6, 6.07) is 0.376. The van der Waals surface area contributed by atoms with Gasteiger partial charge in [-0.15, -0.1) is 0 Å². The van der Waals surface area contributed by atoms with Crippen molar-refractivity contribution in [1.82, 2.24) is 14.6 Å². The van der Waals surface area contributed by atoms with Gasteiger partial charge in [0.05, 0.1) is 6.20 Å². The molecule has 0 radical (unpaired) electrons. The Balaban J connectivity index is 1.96. The van der Waals surface area contributed by atoms with E-state index >= 15 is 0 Å². The van der Waals surface area contributed by atoms with Crippen molar-refractivity contribution in [2.24, 2.45) is 5.92 Å². The van der Waals surface area contributed by atoms with E-state index in [1.54, 1.807) is 23.1 Å². The Hall–Kier alpha value is -2.11. The van der Waals surface area contributed by atoms with Crippen LogP contribution < -0.4 is 10.1 Å². The average Bonchev–Trinajstić information content (AvgIpc) is 2.92. The van der Waals surface area contributed by atoms with Crippen LogP contribution in [0.25, 0.3) is 5.65 Å². The third kappa shape index (κ3) is 2.33. The fraction of sp³-hybridized carbons (Fsp3) is 0.500. The number of ether oxygens (including phenoxy) is 1. The molecular weight excluding hydrogens is 256 g/mol. The number of carbonyl (C=O) groups excluding carboxylic acids is 1. The van der Waals surface area contributed by atoms with Gasteiger partial charge in [0.25, 0.3) is 6.47 Å². The molecule has 0 aromatic carbocycles. The van der Waals surface area contributed by atoms with Gasteiger partial charge in [0.1, 0.15) is 5.69 Å². The Morgan fingerprint density at radius 2 is 2.30 bits per heavy atom. The molecule has 0 aliphatic heterocycles. The summed E-state index contributed by atoms with van der Waals surface area (Å²) in [5.74, 6) is 1.02. The first-order valence-corrected chi connectivity index (χ1v) is 6.99. The fourth-order valence-corrected chi connectivity index (χ4v) is 2.85. The van der Waals surface area contributed by atoms with Gasteiger partial charge >= 0.3 is 0 Å². The molecule has 2 aromatic heterocycles. The lowest BCUT2D eigenvalue weighted by Crippen LogP contribution is -2.30. The maximum absolute atomic E-state index is 10.7. The van der Waals surface area contributed by atoms with Crippen molar-refractivity contribution in [1.29, 1.82) is 0 Å². The maximum Gasteiger partial charge on any atom is 0.298 e. The van der Waals surface area contributed by atoms with Gasteiger partial charge in [0, 0.05) is 18.4 Å². The van der Waals surface area contributed by atoms with Crippen LogP contribution in [0.1, 0.15) is 32.6 Å². The van der Waals surface area contributed by atoms with E-state index in [9.17, 15) is 4.79 Å². The monoisotopic (exact) mass is 274 g/mol. The van der Waals surface area contributed by atoms with Gasteiger partial charge < -0.3 is 10.1 Å². The molecule has 6 heteroatoms. The summed E-state index contributed by atoms with van der Waals surface area (Å²) in [5.41, 5.74) is 1.43. The summed E-state index contributed by atoms with van der Waals surface area (Å²) in [6.07, 6.45) is 9.85. The molecule has 2 atom stereocenters. The molecule has 2 unspecified atom stereocenters. The largest absolute Gasteiger partial charge is 0.425 e. The molecule has 0 bridgehead atoms. The van der Waals surface area contributed by atoms with Crippen LogP contribution in [0.5, 0.6) is 5.75 Å². The molecule has 0 amide bonds. The molecule has 3 rings (SSSR count). The number of aromatic nitrogens is 3. The summed E-state index contributed by atoms with van der Waals surface area (Å²) < 4.78 is 6.71. The van der Waals surface area contributed by atoms with Gasteiger partial charge in [-0.25, -0.2) is 9.50 Å². The highest BCUT2D eigenvalue weighted by atomic mass is 16.5. The predicted octanol–water partition coefficient (Wildman–Crippen LogP) is 2.26. The normalized spacial score (nSPS) is 22.6. The van der Waals surface area contributed by atoms with E-state index in [0.717, 1.165) is 12.1 Å². The second-order valence-corrected chi connectivity index (χ2v) is 5.31. The SMILES string of the molecule is CC1CCCCC1Nc1c(OC=O)cnn2ccnc12. The Kier molecular flexibility index (Phi) is 3.54. The average molecular weight is 274 g/mol. The van der Waals surface area contributed by atoms with E-state index < -0.39 is 0 Å².